The Morgan fingerprint density at radius 1 is 1.08 bits per heavy atom. The summed E-state index contributed by atoms with van der Waals surface area (Å²) in [6.07, 6.45) is 5.36. The second-order valence-corrected chi connectivity index (χ2v) is 7.82. The van der Waals surface area contributed by atoms with Gasteiger partial charge in [0, 0.05) is 12.6 Å². The predicted molar refractivity (Wildman–Crippen MR) is 91.0 cm³/mol. The lowest BCUT2D eigenvalue weighted by atomic mass is 9.63. The van der Waals surface area contributed by atoms with Gasteiger partial charge in [-0.2, -0.15) is 0 Å². The second-order valence-electron chi connectivity index (χ2n) is 7.82. The van der Waals surface area contributed by atoms with Gasteiger partial charge in [-0.05, 0) is 54.4 Å². The predicted octanol–water partition coefficient (Wildman–Crippen LogP) is 2.19. The minimum atomic E-state index is -0.404. The maximum absolute atomic E-state index is 13.2. The van der Waals surface area contributed by atoms with E-state index in [1.54, 1.807) is 0 Å². The van der Waals surface area contributed by atoms with Crippen molar-refractivity contribution < 1.29 is 18.8 Å². The van der Waals surface area contributed by atoms with E-state index in [0.29, 0.717) is 17.5 Å². The van der Waals surface area contributed by atoms with Crippen LogP contribution < -0.4 is 4.90 Å². The molecule has 5 nitrogen and oxygen atoms in total. The minimum absolute atomic E-state index is 0.111. The van der Waals surface area contributed by atoms with Gasteiger partial charge in [-0.25, -0.2) is 4.39 Å². The highest BCUT2D eigenvalue weighted by Gasteiger charge is 2.67. The van der Waals surface area contributed by atoms with E-state index in [4.69, 9.17) is 0 Å². The van der Waals surface area contributed by atoms with Gasteiger partial charge in [0.25, 0.3) is 0 Å². The first kappa shape index (κ1) is 15.7. The summed E-state index contributed by atoms with van der Waals surface area (Å²) >= 11 is 0. The molecule has 1 aliphatic heterocycles. The highest BCUT2D eigenvalue weighted by Crippen LogP contribution is 2.65. The summed E-state index contributed by atoms with van der Waals surface area (Å²) in [5.41, 5.74) is 0.471. The quantitative estimate of drug-likeness (QED) is 0.618. The van der Waals surface area contributed by atoms with Gasteiger partial charge in [0.2, 0.25) is 17.7 Å². The number of nitrogens with zero attached hydrogens (tertiary/aromatic N) is 2. The molecule has 3 amide bonds. The molecule has 3 fully saturated rings. The Hall–Kier alpha value is -2.50. The van der Waals surface area contributed by atoms with E-state index in [9.17, 15) is 18.8 Å². The van der Waals surface area contributed by atoms with Crippen LogP contribution in [0.2, 0.25) is 0 Å². The SMILES string of the molecule is CC(=O)N(CN1C(=O)[C@@H]2[C@H]3C=C[C@@H]([C@@H]4C[C@H]34)[C@@H]2C1=O)c1ccc(F)cc1. The zero-order valence-corrected chi connectivity index (χ0v) is 14.3. The van der Waals surface area contributed by atoms with Crippen molar-refractivity contribution in [2.45, 2.75) is 13.3 Å². The number of carbonyl (C=O) groups excluding carboxylic acids is 3. The Balaban J connectivity index is 1.44. The van der Waals surface area contributed by atoms with Crippen molar-refractivity contribution in [1.82, 2.24) is 4.90 Å². The maximum atomic E-state index is 13.2. The highest BCUT2D eigenvalue weighted by molar-refractivity contribution is 6.07. The van der Waals surface area contributed by atoms with E-state index in [1.165, 1.54) is 41.0 Å². The standard InChI is InChI=1S/C20H19FN2O3/c1-10(24)22(12-4-2-11(21)3-5-12)9-23-19(25)17-13-6-7-14(16-8-15(13)16)18(17)20(23)26/h2-7,13-18H,8-9H2,1H3/t13-,14-,15-,16+,17-,18+/m0/s1. The Kier molecular flexibility index (Phi) is 3.18. The van der Waals surface area contributed by atoms with Gasteiger partial charge in [-0.3, -0.25) is 24.2 Å². The van der Waals surface area contributed by atoms with E-state index in [1.807, 2.05) is 0 Å². The number of hydrogen-bond donors (Lipinski definition) is 0. The van der Waals surface area contributed by atoms with Crippen molar-refractivity contribution in [3.8, 4) is 0 Å². The molecule has 6 heteroatoms. The number of benzene rings is 1. The van der Waals surface area contributed by atoms with Crippen LogP contribution >= 0.6 is 0 Å². The van der Waals surface area contributed by atoms with Crippen LogP contribution in [-0.2, 0) is 14.4 Å². The van der Waals surface area contributed by atoms with Crippen LogP contribution in [0.15, 0.2) is 36.4 Å². The maximum Gasteiger partial charge on any atom is 0.235 e. The average Bonchev–Trinajstić information content (AvgIpc) is 3.40. The fourth-order valence-corrected chi connectivity index (χ4v) is 5.28. The highest BCUT2D eigenvalue weighted by atomic mass is 19.1. The van der Waals surface area contributed by atoms with Gasteiger partial charge in [-0.1, -0.05) is 12.2 Å². The molecule has 0 radical (unpaired) electrons. The van der Waals surface area contributed by atoms with Crippen molar-refractivity contribution in [1.29, 1.82) is 0 Å². The van der Waals surface area contributed by atoms with Crippen LogP contribution in [0.4, 0.5) is 10.1 Å². The summed E-state index contributed by atoms with van der Waals surface area (Å²) in [7, 11) is 0. The summed E-state index contributed by atoms with van der Waals surface area (Å²) in [5.74, 6) is -0.175. The summed E-state index contributed by atoms with van der Waals surface area (Å²) in [4.78, 5) is 40.7. The number of anilines is 1. The summed E-state index contributed by atoms with van der Waals surface area (Å²) in [6.45, 7) is 1.27. The summed E-state index contributed by atoms with van der Waals surface area (Å²) in [6, 6.07) is 5.48. The number of imide groups is 1. The molecule has 5 aliphatic rings. The molecule has 2 bridgehead atoms. The first-order valence-electron chi connectivity index (χ1n) is 9.04. The third kappa shape index (κ3) is 2.04. The average molecular weight is 354 g/mol. The van der Waals surface area contributed by atoms with Gasteiger partial charge in [0.15, 0.2) is 0 Å². The molecule has 1 heterocycles. The molecule has 1 aromatic rings. The Morgan fingerprint density at radius 3 is 2.12 bits per heavy atom. The molecule has 0 N–H and O–H groups in total. The molecule has 0 unspecified atom stereocenters. The lowest BCUT2D eigenvalue weighted by molar-refractivity contribution is -0.140. The molecule has 0 spiro atoms. The first-order chi connectivity index (χ1) is 12.5. The zero-order chi connectivity index (χ0) is 18.2. The fourth-order valence-electron chi connectivity index (χ4n) is 5.28. The normalized spacial score (nSPS) is 36.2. The molecule has 0 aromatic heterocycles. The molecular formula is C20H19FN2O3. The monoisotopic (exact) mass is 354 g/mol. The minimum Gasteiger partial charge on any atom is -0.294 e. The van der Waals surface area contributed by atoms with Crippen molar-refractivity contribution in [2.75, 3.05) is 11.6 Å². The van der Waals surface area contributed by atoms with E-state index >= 15 is 0 Å². The number of hydrogen-bond acceptors (Lipinski definition) is 3. The van der Waals surface area contributed by atoms with Crippen LogP contribution in [0.25, 0.3) is 0 Å². The Bertz CT molecular complexity index is 813. The van der Waals surface area contributed by atoms with Crippen LogP contribution in [0.5, 0.6) is 0 Å². The molecule has 134 valence electrons. The first-order valence-corrected chi connectivity index (χ1v) is 9.04. The van der Waals surface area contributed by atoms with Crippen LogP contribution in [0.3, 0.4) is 0 Å². The molecule has 6 rings (SSSR count). The second kappa shape index (κ2) is 5.25. The van der Waals surface area contributed by atoms with E-state index in [2.05, 4.69) is 12.2 Å². The molecular weight excluding hydrogens is 335 g/mol. The fraction of sp³-hybridized carbons (Fsp3) is 0.450. The lowest BCUT2D eigenvalue weighted by Gasteiger charge is -2.37. The number of amides is 3. The van der Waals surface area contributed by atoms with Gasteiger partial charge >= 0.3 is 0 Å². The summed E-state index contributed by atoms with van der Waals surface area (Å²) < 4.78 is 13.2. The molecule has 4 aliphatic carbocycles. The topological polar surface area (TPSA) is 57.7 Å². The smallest absolute Gasteiger partial charge is 0.235 e. The van der Waals surface area contributed by atoms with E-state index < -0.39 is 5.82 Å². The Morgan fingerprint density at radius 2 is 1.62 bits per heavy atom. The number of likely N-dealkylation sites (tertiary alicyclic amines) is 1. The van der Waals surface area contributed by atoms with Gasteiger partial charge < -0.3 is 0 Å². The van der Waals surface area contributed by atoms with Crippen molar-refractivity contribution >= 4 is 23.4 Å². The van der Waals surface area contributed by atoms with E-state index in [0.717, 1.165) is 6.42 Å². The van der Waals surface area contributed by atoms with Gasteiger partial charge in [0.05, 0.1) is 11.8 Å². The molecule has 26 heavy (non-hydrogen) atoms. The van der Waals surface area contributed by atoms with Crippen molar-refractivity contribution in [3.05, 3.63) is 42.2 Å². The number of carbonyl (C=O) groups is 3. The van der Waals surface area contributed by atoms with Crippen LogP contribution in [0, 0.1) is 41.3 Å². The third-order valence-corrected chi connectivity index (χ3v) is 6.56. The summed E-state index contributed by atoms with van der Waals surface area (Å²) in [5, 5.41) is 0. The lowest BCUT2D eigenvalue weighted by Crippen LogP contribution is -2.44. The van der Waals surface area contributed by atoms with Crippen molar-refractivity contribution in [3.63, 3.8) is 0 Å². The van der Waals surface area contributed by atoms with Gasteiger partial charge in [0.1, 0.15) is 12.5 Å². The largest absolute Gasteiger partial charge is 0.294 e. The van der Waals surface area contributed by atoms with Gasteiger partial charge in [-0.15, -0.1) is 0 Å². The molecule has 2 saturated carbocycles. The van der Waals surface area contributed by atoms with Crippen LogP contribution in [0.1, 0.15) is 13.3 Å². The Labute approximate surface area is 150 Å². The molecule has 6 atom stereocenters. The number of rotatable bonds is 3. The molecule has 1 saturated heterocycles. The zero-order valence-electron chi connectivity index (χ0n) is 14.3. The van der Waals surface area contributed by atoms with Crippen molar-refractivity contribution in [2.24, 2.45) is 35.5 Å². The third-order valence-electron chi connectivity index (χ3n) is 6.56. The van der Waals surface area contributed by atoms with E-state index in [-0.39, 0.29) is 48.1 Å². The number of allylic oxidation sites excluding steroid dienone is 2. The number of halogens is 1. The van der Waals surface area contributed by atoms with Crippen LogP contribution in [-0.4, -0.2) is 29.3 Å². The molecule has 1 aromatic carbocycles.